The zero-order valence-corrected chi connectivity index (χ0v) is 23.3. The smallest absolute Gasteiger partial charge is 0.288 e. The SMILES string of the molecule is Cc1ccc(CN2C3=C(C(=O)CC(C)(C)C3)C(c3ccc(Cl)c([N+](=O)[O-])c3)C3=C2CC(C)(C)CC3=O)cc1. The van der Waals surface area contributed by atoms with Crippen LogP contribution in [0.4, 0.5) is 5.69 Å². The summed E-state index contributed by atoms with van der Waals surface area (Å²) in [5.74, 6) is -0.647. The Balaban J connectivity index is 1.77. The van der Waals surface area contributed by atoms with Crippen LogP contribution >= 0.6 is 11.6 Å². The topological polar surface area (TPSA) is 80.5 Å². The average Bonchev–Trinajstić information content (AvgIpc) is 2.80. The van der Waals surface area contributed by atoms with Gasteiger partial charge in [0.15, 0.2) is 11.6 Å². The van der Waals surface area contributed by atoms with Crippen LogP contribution in [0.5, 0.6) is 0 Å². The monoisotopic (exact) mass is 532 g/mol. The molecule has 2 aliphatic carbocycles. The Morgan fingerprint density at radius 2 is 1.42 bits per heavy atom. The Morgan fingerprint density at radius 1 is 0.895 bits per heavy atom. The number of nitrogens with zero attached hydrogens (tertiary/aromatic N) is 2. The molecule has 1 aliphatic heterocycles. The van der Waals surface area contributed by atoms with E-state index in [1.165, 1.54) is 17.7 Å². The van der Waals surface area contributed by atoms with Gasteiger partial charge in [-0.15, -0.1) is 0 Å². The second-order valence-electron chi connectivity index (χ2n) is 12.6. The van der Waals surface area contributed by atoms with E-state index in [0.717, 1.165) is 17.0 Å². The molecule has 0 saturated carbocycles. The summed E-state index contributed by atoms with van der Waals surface area (Å²) >= 11 is 6.15. The van der Waals surface area contributed by atoms with Crippen LogP contribution in [0, 0.1) is 27.9 Å². The third-order valence-corrected chi connectivity index (χ3v) is 8.30. The molecule has 0 fully saturated rings. The second kappa shape index (κ2) is 9.19. The molecule has 0 radical (unpaired) electrons. The van der Waals surface area contributed by atoms with Crippen molar-refractivity contribution in [2.75, 3.05) is 0 Å². The number of rotatable bonds is 4. The van der Waals surface area contributed by atoms with Crippen molar-refractivity contribution in [3.05, 3.63) is 96.8 Å². The van der Waals surface area contributed by atoms with Crippen LogP contribution in [0.3, 0.4) is 0 Å². The zero-order valence-electron chi connectivity index (χ0n) is 22.6. The van der Waals surface area contributed by atoms with Gasteiger partial charge in [0.05, 0.1) is 4.92 Å². The molecule has 0 bridgehead atoms. The maximum absolute atomic E-state index is 13.9. The molecule has 0 unspecified atom stereocenters. The number of carbonyl (C=O) groups excluding carboxylic acids is 2. The maximum atomic E-state index is 13.9. The lowest BCUT2D eigenvalue weighted by molar-refractivity contribution is -0.384. The Kier molecular flexibility index (Phi) is 6.38. The molecule has 1 heterocycles. The van der Waals surface area contributed by atoms with Crippen molar-refractivity contribution in [3.8, 4) is 0 Å². The fourth-order valence-electron chi connectivity index (χ4n) is 6.30. The second-order valence-corrected chi connectivity index (χ2v) is 13.0. The highest BCUT2D eigenvalue weighted by Gasteiger charge is 2.49. The third kappa shape index (κ3) is 4.71. The van der Waals surface area contributed by atoms with E-state index in [4.69, 9.17) is 11.6 Å². The number of nitro benzene ring substituents is 1. The first-order chi connectivity index (χ1) is 17.8. The lowest BCUT2D eigenvalue weighted by atomic mass is 9.63. The zero-order chi connectivity index (χ0) is 27.6. The van der Waals surface area contributed by atoms with E-state index in [2.05, 4.69) is 56.9 Å². The molecule has 0 amide bonds. The molecule has 2 aromatic rings. The molecule has 3 aliphatic rings. The number of benzene rings is 2. The number of hydrogen-bond acceptors (Lipinski definition) is 5. The lowest BCUT2D eigenvalue weighted by Crippen LogP contribution is -2.44. The van der Waals surface area contributed by atoms with E-state index in [1.54, 1.807) is 6.07 Å². The van der Waals surface area contributed by atoms with Crippen LogP contribution in [-0.4, -0.2) is 21.4 Å². The molecular weight excluding hydrogens is 500 g/mol. The van der Waals surface area contributed by atoms with Gasteiger partial charge in [-0.05, 0) is 47.8 Å². The van der Waals surface area contributed by atoms with Gasteiger partial charge in [-0.25, -0.2) is 0 Å². The normalized spacial score (nSPS) is 20.9. The average molecular weight is 533 g/mol. The third-order valence-electron chi connectivity index (χ3n) is 7.98. The Labute approximate surface area is 228 Å². The van der Waals surface area contributed by atoms with Crippen molar-refractivity contribution in [2.45, 2.75) is 72.8 Å². The van der Waals surface area contributed by atoms with E-state index in [-0.39, 0.29) is 33.1 Å². The molecule has 7 heteroatoms. The summed E-state index contributed by atoms with van der Waals surface area (Å²) in [4.78, 5) is 41.2. The van der Waals surface area contributed by atoms with Gasteiger partial charge in [-0.2, -0.15) is 0 Å². The van der Waals surface area contributed by atoms with Crippen LogP contribution in [0.25, 0.3) is 0 Å². The highest BCUT2D eigenvalue weighted by Crippen LogP contribution is 2.55. The summed E-state index contributed by atoms with van der Waals surface area (Å²) in [5, 5.41) is 11.8. The van der Waals surface area contributed by atoms with Gasteiger partial charge in [0, 0.05) is 53.9 Å². The fraction of sp³-hybridized carbons (Fsp3) is 0.419. The van der Waals surface area contributed by atoms with Crippen molar-refractivity contribution in [1.82, 2.24) is 4.90 Å². The van der Waals surface area contributed by atoms with Gasteiger partial charge < -0.3 is 4.90 Å². The summed E-state index contributed by atoms with van der Waals surface area (Å²) < 4.78 is 0. The molecular formula is C31H33ClN2O4. The minimum atomic E-state index is -0.641. The summed E-state index contributed by atoms with van der Waals surface area (Å²) in [6, 6.07) is 13.0. The number of halogens is 1. The van der Waals surface area contributed by atoms with Gasteiger partial charge in [0.2, 0.25) is 0 Å². The van der Waals surface area contributed by atoms with Gasteiger partial charge in [0.1, 0.15) is 5.02 Å². The van der Waals surface area contributed by atoms with E-state index in [9.17, 15) is 19.7 Å². The first-order valence-electron chi connectivity index (χ1n) is 13.1. The molecule has 0 N–H and O–H groups in total. The van der Waals surface area contributed by atoms with Crippen molar-refractivity contribution in [1.29, 1.82) is 0 Å². The van der Waals surface area contributed by atoms with Crippen molar-refractivity contribution in [3.63, 3.8) is 0 Å². The number of hydrogen-bond donors (Lipinski definition) is 0. The van der Waals surface area contributed by atoms with Gasteiger partial charge >= 0.3 is 0 Å². The van der Waals surface area contributed by atoms with E-state index in [1.807, 2.05) is 6.92 Å². The minimum absolute atomic E-state index is 0.00283. The van der Waals surface area contributed by atoms with Gasteiger partial charge in [-0.3, -0.25) is 19.7 Å². The minimum Gasteiger partial charge on any atom is -0.343 e. The Hall–Kier alpha value is -3.25. The van der Waals surface area contributed by atoms with Crippen molar-refractivity contribution < 1.29 is 14.5 Å². The van der Waals surface area contributed by atoms with Crippen molar-refractivity contribution >= 4 is 28.9 Å². The quantitative estimate of drug-likeness (QED) is 0.302. The highest BCUT2D eigenvalue weighted by atomic mass is 35.5. The fourth-order valence-corrected chi connectivity index (χ4v) is 6.48. The van der Waals surface area contributed by atoms with Crippen LogP contribution < -0.4 is 0 Å². The number of ketones is 2. The maximum Gasteiger partial charge on any atom is 0.288 e. The molecule has 0 atom stereocenters. The van der Waals surface area contributed by atoms with E-state index >= 15 is 0 Å². The summed E-state index contributed by atoms with van der Waals surface area (Å²) in [7, 11) is 0. The first kappa shape index (κ1) is 26.4. The molecule has 198 valence electrons. The molecule has 38 heavy (non-hydrogen) atoms. The predicted molar refractivity (Wildman–Crippen MR) is 148 cm³/mol. The van der Waals surface area contributed by atoms with E-state index < -0.39 is 10.8 Å². The molecule has 6 nitrogen and oxygen atoms in total. The molecule has 0 spiro atoms. The number of Topliss-reactive ketones (excluding diaryl/α,β-unsaturated/α-hetero) is 2. The predicted octanol–water partition coefficient (Wildman–Crippen LogP) is 7.44. The Bertz CT molecular complexity index is 1380. The largest absolute Gasteiger partial charge is 0.343 e. The summed E-state index contributed by atoms with van der Waals surface area (Å²) in [6.45, 7) is 11.0. The number of carbonyl (C=O) groups is 2. The molecule has 0 aromatic heterocycles. The standard InChI is InChI=1S/C31H33ClN2O4/c1-18-6-8-19(9-7-18)17-33-23-13-30(2,3)15-25(35)28(23)27(20-10-11-21(32)22(12-20)34(37)38)29-24(33)14-31(4,5)16-26(29)36/h6-12,27H,13-17H2,1-5H3. The number of aryl methyl sites for hydroxylation is 1. The summed E-state index contributed by atoms with van der Waals surface area (Å²) in [6.07, 6.45) is 2.08. The highest BCUT2D eigenvalue weighted by molar-refractivity contribution is 6.32. The molecule has 0 saturated heterocycles. The van der Waals surface area contributed by atoms with Crippen LogP contribution in [0.2, 0.25) is 5.02 Å². The number of allylic oxidation sites excluding steroid dienone is 4. The van der Waals surface area contributed by atoms with Crippen LogP contribution in [0.1, 0.15) is 76.0 Å². The van der Waals surface area contributed by atoms with Gasteiger partial charge in [-0.1, -0.05) is 75.2 Å². The van der Waals surface area contributed by atoms with E-state index in [0.29, 0.717) is 48.9 Å². The summed E-state index contributed by atoms with van der Waals surface area (Å²) in [5.41, 5.74) is 5.17. The van der Waals surface area contributed by atoms with Gasteiger partial charge in [0.25, 0.3) is 5.69 Å². The molecule has 5 rings (SSSR count). The Morgan fingerprint density at radius 3 is 1.92 bits per heavy atom. The lowest BCUT2D eigenvalue weighted by Gasteiger charge is -2.49. The molecule has 2 aromatic carbocycles. The van der Waals surface area contributed by atoms with Crippen LogP contribution in [-0.2, 0) is 16.1 Å². The number of nitro groups is 1. The first-order valence-corrected chi connectivity index (χ1v) is 13.4. The van der Waals surface area contributed by atoms with Crippen molar-refractivity contribution in [2.24, 2.45) is 10.8 Å². The van der Waals surface area contributed by atoms with Crippen LogP contribution in [0.15, 0.2) is 65.0 Å².